The molecule has 3 rings (SSSR count). The quantitative estimate of drug-likeness (QED) is 0.511. The second kappa shape index (κ2) is 7.82. The van der Waals surface area contributed by atoms with E-state index in [1.54, 1.807) is 30.3 Å². The molecule has 0 saturated heterocycles. The van der Waals surface area contributed by atoms with Crippen LogP contribution in [0, 0.1) is 5.82 Å². The molecule has 1 heterocycles. The van der Waals surface area contributed by atoms with E-state index in [0.29, 0.717) is 9.90 Å². The maximum Gasteiger partial charge on any atom is 0.348 e. The van der Waals surface area contributed by atoms with Gasteiger partial charge in [-0.1, -0.05) is 29.8 Å². The molecule has 1 atom stereocenters. The van der Waals surface area contributed by atoms with Crippen LogP contribution >= 0.6 is 30.5 Å². The minimum atomic E-state index is -3.72. The number of hydrogen-bond acceptors (Lipinski definition) is 4. The number of thiophene rings is 1. The average Bonchev–Trinajstić information content (AvgIpc) is 3.06. The second-order valence-electron chi connectivity index (χ2n) is 5.49. The zero-order chi connectivity index (χ0) is 19.6. The molecule has 2 N–H and O–H groups in total. The van der Waals surface area contributed by atoms with Gasteiger partial charge in [0.25, 0.3) is 0 Å². The molecule has 0 saturated carbocycles. The third-order valence-corrected chi connectivity index (χ3v) is 7.16. The van der Waals surface area contributed by atoms with Crippen molar-refractivity contribution in [3.8, 4) is 10.4 Å². The molecule has 0 aliphatic carbocycles. The van der Waals surface area contributed by atoms with Gasteiger partial charge < -0.3 is 14.7 Å². The first-order valence-electron chi connectivity index (χ1n) is 7.65. The molecule has 0 spiro atoms. The van der Waals surface area contributed by atoms with Crippen LogP contribution in [0.2, 0.25) is 5.02 Å². The van der Waals surface area contributed by atoms with Crippen molar-refractivity contribution < 1.29 is 23.4 Å². The van der Waals surface area contributed by atoms with Gasteiger partial charge in [0.1, 0.15) is 10.7 Å². The molecule has 0 aliphatic heterocycles. The maximum absolute atomic E-state index is 13.5. The summed E-state index contributed by atoms with van der Waals surface area (Å²) in [6.07, 6.45) is 0. The molecule has 9 heteroatoms. The maximum atomic E-state index is 13.5. The molecule has 0 aliphatic rings. The summed E-state index contributed by atoms with van der Waals surface area (Å²) in [6.45, 7) is 0. The first kappa shape index (κ1) is 19.6. The van der Waals surface area contributed by atoms with Gasteiger partial charge in [0.2, 0.25) is 0 Å². The predicted molar refractivity (Wildman–Crippen MR) is 106 cm³/mol. The number of rotatable bonds is 6. The van der Waals surface area contributed by atoms with Crippen LogP contribution in [0.25, 0.3) is 10.4 Å². The van der Waals surface area contributed by atoms with Gasteiger partial charge in [-0.2, -0.15) is 0 Å². The summed E-state index contributed by atoms with van der Waals surface area (Å²) >= 11 is 6.91. The van der Waals surface area contributed by atoms with Gasteiger partial charge in [0.15, 0.2) is 0 Å². The number of nitrogens with one attached hydrogen (secondary N) is 1. The summed E-state index contributed by atoms with van der Waals surface area (Å²) in [5.74, 6) is -1.75. The van der Waals surface area contributed by atoms with Crippen LogP contribution in [0.5, 0.6) is 0 Å². The molecular formula is C18H14ClFNO4PS. The first-order valence-corrected chi connectivity index (χ1v) is 10.5. The predicted octanol–water partition coefficient (Wildman–Crippen LogP) is 5.48. The fourth-order valence-electron chi connectivity index (χ4n) is 2.42. The summed E-state index contributed by atoms with van der Waals surface area (Å²) in [4.78, 5) is 12.3. The molecule has 1 aromatic heterocycles. The van der Waals surface area contributed by atoms with Crippen LogP contribution in [0.15, 0.2) is 54.6 Å². The fourth-order valence-corrected chi connectivity index (χ4v) is 5.08. The van der Waals surface area contributed by atoms with Crippen LogP contribution in [0.4, 0.5) is 10.1 Å². The topological polar surface area (TPSA) is 75.6 Å². The van der Waals surface area contributed by atoms with Crippen molar-refractivity contribution >= 4 is 47.4 Å². The summed E-state index contributed by atoms with van der Waals surface area (Å²) in [5.41, 5.74) is 0.893. The highest BCUT2D eigenvalue weighted by Crippen LogP contribution is 2.48. The fraction of sp³-hybridized carbons (Fsp3) is 0.0556. The largest absolute Gasteiger partial charge is 0.477 e. The minimum Gasteiger partial charge on any atom is -0.477 e. The Balaban J connectivity index is 2.03. The van der Waals surface area contributed by atoms with Gasteiger partial charge in [-0.05, 0) is 42.0 Å². The third-order valence-electron chi connectivity index (χ3n) is 3.73. The zero-order valence-corrected chi connectivity index (χ0v) is 16.4. The number of benzene rings is 2. The lowest BCUT2D eigenvalue weighted by Gasteiger charge is -2.18. The SMILES string of the molecule is COP(=O)(Nc1cc(-c2ccc(Cl)cc2)sc1C(=O)O)c1cccc(F)c1. The number of carbonyl (C=O) groups is 1. The monoisotopic (exact) mass is 425 g/mol. The Labute approximate surface area is 163 Å². The van der Waals surface area contributed by atoms with Gasteiger partial charge >= 0.3 is 13.5 Å². The van der Waals surface area contributed by atoms with Crippen molar-refractivity contribution in [3.63, 3.8) is 0 Å². The standard InChI is InChI=1S/C18H14ClFNO4PS/c1-25-26(24,14-4-2-3-13(20)9-14)21-15-10-16(27-17(15)18(22)23)11-5-7-12(19)8-6-11/h2-10H,1H3,(H,21,24)(H,22,23). The van der Waals surface area contributed by atoms with Crippen LogP contribution in [-0.2, 0) is 9.09 Å². The van der Waals surface area contributed by atoms with Crippen molar-refractivity contribution in [2.24, 2.45) is 0 Å². The number of halogens is 2. The zero-order valence-electron chi connectivity index (χ0n) is 14.0. The summed E-state index contributed by atoms with van der Waals surface area (Å²) < 4.78 is 31.8. The molecule has 27 heavy (non-hydrogen) atoms. The highest BCUT2D eigenvalue weighted by atomic mass is 35.5. The highest BCUT2D eigenvalue weighted by molar-refractivity contribution is 7.68. The van der Waals surface area contributed by atoms with Crippen LogP contribution in [-0.4, -0.2) is 18.2 Å². The van der Waals surface area contributed by atoms with E-state index in [2.05, 4.69) is 5.09 Å². The van der Waals surface area contributed by atoms with Crippen molar-refractivity contribution in [1.82, 2.24) is 0 Å². The molecule has 140 valence electrons. The molecule has 0 amide bonds. The number of carboxylic acid groups (broad SMARTS) is 1. The van der Waals surface area contributed by atoms with Crippen molar-refractivity contribution in [2.75, 3.05) is 12.2 Å². The smallest absolute Gasteiger partial charge is 0.348 e. The van der Waals surface area contributed by atoms with E-state index < -0.39 is 19.3 Å². The van der Waals surface area contributed by atoms with Crippen LogP contribution in [0.3, 0.4) is 0 Å². The van der Waals surface area contributed by atoms with E-state index in [4.69, 9.17) is 16.1 Å². The lowest BCUT2D eigenvalue weighted by atomic mass is 10.2. The van der Waals surface area contributed by atoms with E-state index >= 15 is 0 Å². The number of anilines is 1. The highest BCUT2D eigenvalue weighted by Gasteiger charge is 2.28. The lowest BCUT2D eigenvalue weighted by Crippen LogP contribution is -2.14. The van der Waals surface area contributed by atoms with Gasteiger partial charge in [-0.3, -0.25) is 4.57 Å². The Bertz CT molecular complexity index is 1040. The second-order valence-corrected chi connectivity index (χ2v) is 9.19. The van der Waals surface area contributed by atoms with Crippen molar-refractivity contribution in [2.45, 2.75) is 0 Å². The average molecular weight is 426 g/mol. The first-order chi connectivity index (χ1) is 12.8. The van der Waals surface area contributed by atoms with Crippen LogP contribution < -0.4 is 10.4 Å². The van der Waals surface area contributed by atoms with Gasteiger partial charge in [-0.25, -0.2) is 9.18 Å². The van der Waals surface area contributed by atoms with Gasteiger partial charge in [0, 0.05) is 17.0 Å². The van der Waals surface area contributed by atoms with Crippen molar-refractivity contribution in [3.05, 3.63) is 70.3 Å². The summed E-state index contributed by atoms with van der Waals surface area (Å²) in [6, 6.07) is 13.6. The van der Waals surface area contributed by atoms with E-state index in [0.717, 1.165) is 23.0 Å². The Morgan fingerprint density at radius 3 is 2.52 bits per heavy atom. The third kappa shape index (κ3) is 4.22. The van der Waals surface area contributed by atoms with E-state index in [1.165, 1.54) is 25.3 Å². The van der Waals surface area contributed by atoms with E-state index in [9.17, 15) is 18.9 Å². The molecule has 3 aromatic rings. The molecule has 2 aromatic carbocycles. The Morgan fingerprint density at radius 1 is 1.22 bits per heavy atom. The van der Waals surface area contributed by atoms with E-state index in [1.807, 2.05) is 0 Å². The van der Waals surface area contributed by atoms with Gasteiger partial charge in [-0.15, -0.1) is 11.3 Å². The Hall–Kier alpha value is -2.18. The number of carboxylic acids is 1. The molecule has 0 radical (unpaired) electrons. The van der Waals surface area contributed by atoms with E-state index in [-0.39, 0.29) is 15.9 Å². The summed E-state index contributed by atoms with van der Waals surface area (Å²) in [5, 5.41) is 12.8. The molecular weight excluding hydrogens is 412 g/mol. The molecule has 1 unspecified atom stereocenters. The van der Waals surface area contributed by atoms with Crippen molar-refractivity contribution in [1.29, 1.82) is 0 Å². The molecule has 0 fully saturated rings. The molecule has 5 nitrogen and oxygen atoms in total. The Morgan fingerprint density at radius 2 is 1.93 bits per heavy atom. The number of aromatic carboxylic acids is 1. The number of hydrogen-bond donors (Lipinski definition) is 2. The molecule has 0 bridgehead atoms. The van der Waals surface area contributed by atoms with Crippen LogP contribution in [0.1, 0.15) is 9.67 Å². The summed E-state index contributed by atoms with van der Waals surface area (Å²) in [7, 11) is -2.51. The van der Waals surface area contributed by atoms with Gasteiger partial charge in [0.05, 0.1) is 11.0 Å². The Kier molecular flexibility index (Phi) is 5.67. The normalized spacial score (nSPS) is 13.1. The minimum absolute atomic E-state index is 0.0337. The lowest BCUT2D eigenvalue weighted by molar-refractivity contribution is 0.0703.